The number of hydrogen-bond acceptors (Lipinski definition) is 3. The third-order valence-corrected chi connectivity index (χ3v) is 3.56. The van der Waals surface area contributed by atoms with Crippen LogP contribution in [0.2, 0.25) is 0 Å². The van der Waals surface area contributed by atoms with Crippen LogP contribution in [0.1, 0.15) is 42.1 Å². The minimum atomic E-state index is -0.511. The summed E-state index contributed by atoms with van der Waals surface area (Å²) in [6, 6.07) is 4.05. The largest absolute Gasteiger partial charge is 0.496 e. The van der Waals surface area contributed by atoms with Gasteiger partial charge in [-0.05, 0) is 43.9 Å². The van der Waals surface area contributed by atoms with Crippen LogP contribution in [-0.2, 0) is 4.74 Å². The van der Waals surface area contributed by atoms with E-state index in [0.29, 0.717) is 6.42 Å². The zero-order chi connectivity index (χ0) is 13.1. The Morgan fingerprint density at radius 2 is 2.22 bits per heavy atom. The molecule has 1 saturated heterocycles. The van der Waals surface area contributed by atoms with Gasteiger partial charge in [0.1, 0.15) is 5.75 Å². The summed E-state index contributed by atoms with van der Waals surface area (Å²) >= 11 is 0. The molecule has 3 heteroatoms. The van der Waals surface area contributed by atoms with Gasteiger partial charge in [0, 0.05) is 18.6 Å². The Morgan fingerprint density at radius 1 is 1.44 bits per heavy atom. The molecule has 0 aromatic heterocycles. The summed E-state index contributed by atoms with van der Waals surface area (Å²) < 4.78 is 11.0. The van der Waals surface area contributed by atoms with E-state index in [9.17, 15) is 5.11 Å². The molecule has 1 fully saturated rings. The van der Waals surface area contributed by atoms with E-state index in [1.165, 1.54) is 0 Å². The molecule has 1 N–H and O–H groups in total. The smallest absolute Gasteiger partial charge is 0.125 e. The average Bonchev–Trinajstić information content (AvgIpc) is 2.80. The van der Waals surface area contributed by atoms with E-state index >= 15 is 0 Å². The van der Waals surface area contributed by atoms with E-state index in [4.69, 9.17) is 9.47 Å². The maximum atomic E-state index is 10.4. The van der Waals surface area contributed by atoms with Crippen LogP contribution in [-0.4, -0.2) is 24.9 Å². The van der Waals surface area contributed by atoms with Gasteiger partial charge < -0.3 is 14.6 Å². The topological polar surface area (TPSA) is 38.7 Å². The van der Waals surface area contributed by atoms with Crippen LogP contribution in [0.25, 0.3) is 0 Å². The first-order chi connectivity index (χ1) is 8.61. The third kappa shape index (κ3) is 2.85. The van der Waals surface area contributed by atoms with E-state index < -0.39 is 6.10 Å². The fourth-order valence-electron chi connectivity index (χ4n) is 2.73. The number of aryl methyl sites for hydroxylation is 2. The molecule has 1 aliphatic rings. The lowest BCUT2D eigenvalue weighted by Gasteiger charge is -2.20. The fraction of sp³-hybridized carbons (Fsp3) is 0.600. The van der Waals surface area contributed by atoms with Crippen molar-refractivity contribution in [2.24, 2.45) is 0 Å². The molecule has 1 aliphatic heterocycles. The number of benzene rings is 1. The number of rotatable bonds is 4. The van der Waals surface area contributed by atoms with Crippen molar-refractivity contribution in [3.8, 4) is 5.75 Å². The highest BCUT2D eigenvalue weighted by atomic mass is 16.5. The molecular weight excluding hydrogens is 228 g/mol. The molecular formula is C15H22O3. The number of hydrogen-bond donors (Lipinski definition) is 1. The molecule has 2 rings (SSSR count). The van der Waals surface area contributed by atoms with Crippen LogP contribution in [0, 0.1) is 13.8 Å². The number of methoxy groups -OCH3 is 1. The second-order valence-corrected chi connectivity index (χ2v) is 5.08. The summed E-state index contributed by atoms with van der Waals surface area (Å²) in [7, 11) is 1.65. The van der Waals surface area contributed by atoms with Gasteiger partial charge in [0.25, 0.3) is 0 Å². The van der Waals surface area contributed by atoms with Gasteiger partial charge in [-0.25, -0.2) is 0 Å². The molecule has 1 heterocycles. The van der Waals surface area contributed by atoms with Gasteiger partial charge in [-0.3, -0.25) is 0 Å². The Bertz CT molecular complexity index is 408. The molecule has 2 atom stereocenters. The van der Waals surface area contributed by atoms with Crippen molar-refractivity contribution in [1.82, 2.24) is 0 Å². The first-order valence-corrected chi connectivity index (χ1v) is 6.56. The van der Waals surface area contributed by atoms with Crippen molar-refractivity contribution in [2.45, 2.75) is 45.3 Å². The molecule has 18 heavy (non-hydrogen) atoms. The van der Waals surface area contributed by atoms with Crippen molar-refractivity contribution in [2.75, 3.05) is 13.7 Å². The molecule has 0 radical (unpaired) electrons. The van der Waals surface area contributed by atoms with E-state index in [0.717, 1.165) is 41.9 Å². The summed E-state index contributed by atoms with van der Waals surface area (Å²) in [5.41, 5.74) is 3.13. The van der Waals surface area contributed by atoms with Crippen LogP contribution >= 0.6 is 0 Å². The van der Waals surface area contributed by atoms with Gasteiger partial charge in [-0.2, -0.15) is 0 Å². The minimum absolute atomic E-state index is 0.186. The summed E-state index contributed by atoms with van der Waals surface area (Å²) in [6.45, 7) is 4.87. The van der Waals surface area contributed by atoms with Crippen molar-refractivity contribution < 1.29 is 14.6 Å². The predicted octanol–water partition coefficient (Wildman–Crippen LogP) is 2.91. The number of aliphatic hydroxyl groups excluding tert-OH is 1. The summed E-state index contributed by atoms with van der Waals surface area (Å²) in [5, 5.41) is 10.4. The van der Waals surface area contributed by atoms with Crippen LogP contribution < -0.4 is 4.74 Å². The van der Waals surface area contributed by atoms with Gasteiger partial charge >= 0.3 is 0 Å². The fourth-order valence-corrected chi connectivity index (χ4v) is 2.73. The highest BCUT2D eigenvalue weighted by Gasteiger charge is 2.23. The van der Waals surface area contributed by atoms with Crippen LogP contribution in [0.5, 0.6) is 5.75 Å². The SMILES string of the molecule is COc1cc(C)cc(C)c1C(O)CC1CCCO1. The third-order valence-electron chi connectivity index (χ3n) is 3.56. The van der Waals surface area contributed by atoms with Crippen molar-refractivity contribution >= 4 is 0 Å². The monoisotopic (exact) mass is 250 g/mol. The zero-order valence-corrected chi connectivity index (χ0v) is 11.4. The first-order valence-electron chi connectivity index (χ1n) is 6.56. The summed E-state index contributed by atoms with van der Waals surface area (Å²) in [6.07, 6.45) is 2.47. The van der Waals surface area contributed by atoms with Gasteiger partial charge in [-0.1, -0.05) is 6.07 Å². The second-order valence-electron chi connectivity index (χ2n) is 5.08. The van der Waals surface area contributed by atoms with E-state index in [-0.39, 0.29) is 6.10 Å². The average molecular weight is 250 g/mol. The quantitative estimate of drug-likeness (QED) is 0.893. The van der Waals surface area contributed by atoms with Crippen LogP contribution in [0.4, 0.5) is 0 Å². The molecule has 0 aliphatic carbocycles. The predicted molar refractivity (Wildman–Crippen MR) is 71.0 cm³/mol. The van der Waals surface area contributed by atoms with E-state index in [1.54, 1.807) is 7.11 Å². The van der Waals surface area contributed by atoms with E-state index in [2.05, 4.69) is 6.07 Å². The molecule has 2 unspecified atom stereocenters. The Hall–Kier alpha value is -1.06. The van der Waals surface area contributed by atoms with Gasteiger partial charge in [0.05, 0.1) is 19.3 Å². The summed E-state index contributed by atoms with van der Waals surface area (Å²) in [5.74, 6) is 0.776. The maximum Gasteiger partial charge on any atom is 0.125 e. The molecule has 1 aromatic rings. The van der Waals surface area contributed by atoms with Crippen molar-refractivity contribution in [1.29, 1.82) is 0 Å². The highest BCUT2D eigenvalue weighted by molar-refractivity contribution is 5.44. The maximum absolute atomic E-state index is 10.4. The minimum Gasteiger partial charge on any atom is -0.496 e. The lowest BCUT2D eigenvalue weighted by molar-refractivity contribution is 0.0524. The zero-order valence-electron chi connectivity index (χ0n) is 11.4. The number of aliphatic hydroxyl groups is 1. The Balaban J connectivity index is 2.20. The highest BCUT2D eigenvalue weighted by Crippen LogP contribution is 2.34. The van der Waals surface area contributed by atoms with Crippen molar-refractivity contribution in [3.63, 3.8) is 0 Å². The molecule has 100 valence electrons. The van der Waals surface area contributed by atoms with E-state index in [1.807, 2.05) is 19.9 Å². The van der Waals surface area contributed by atoms with Gasteiger partial charge in [0.15, 0.2) is 0 Å². The van der Waals surface area contributed by atoms with Crippen molar-refractivity contribution in [3.05, 3.63) is 28.8 Å². The Labute approximate surface area is 109 Å². The molecule has 1 aromatic carbocycles. The standard InChI is InChI=1S/C15H22O3/c1-10-7-11(2)15(14(8-10)17-3)13(16)9-12-5-4-6-18-12/h7-8,12-13,16H,4-6,9H2,1-3H3. The molecule has 0 spiro atoms. The molecule has 3 nitrogen and oxygen atoms in total. The van der Waals surface area contributed by atoms with Gasteiger partial charge in [0.2, 0.25) is 0 Å². The molecule has 0 bridgehead atoms. The molecule has 0 saturated carbocycles. The molecule has 0 amide bonds. The number of ether oxygens (including phenoxy) is 2. The second kappa shape index (κ2) is 5.72. The van der Waals surface area contributed by atoms with Crippen LogP contribution in [0.3, 0.4) is 0 Å². The lowest BCUT2D eigenvalue weighted by atomic mass is 9.95. The Kier molecular flexibility index (Phi) is 4.25. The summed E-state index contributed by atoms with van der Waals surface area (Å²) in [4.78, 5) is 0. The van der Waals surface area contributed by atoms with Gasteiger partial charge in [-0.15, -0.1) is 0 Å². The normalized spacial score (nSPS) is 21.0. The lowest BCUT2D eigenvalue weighted by Crippen LogP contribution is -2.13. The Morgan fingerprint density at radius 3 is 2.83 bits per heavy atom. The first kappa shape index (κ1) is 13.4. The van der Waals surface area contributed by atoms with Crippen LogP contribution in [0.15, 0.2) is 12.1 Å².